The zero-order valence-corrected chi connectivity index (χ0v) is 19.3. The van der Waals surface area contributed by atoms with E-state index in [-0.39, 0.29) is 11.4 Å². The van der Waals surface area contributed by atoms with Crippen molar-refractivity contribution in [2.75, 3.05) is 6.61 Å². The highest BCUT2D eigenvalue weighted by molar-refractivity contribution is 5.76. The van der Waals surface area contributed by atoms with Crippen LogP contribution in [0.3, 0.4) is 0 Å². The maximum atomic E-state index is 13.0. The van der Waals surface area contributed by atoms with Gasteiger partial charge in [-0.3, -0.25) is 4.79 Å². The Hall–Kier alpha value is -0.530. The van der Waals surface area contributed by atoms with Crippen LogP contribution in [0.15, 0.2) is 0 Å². The minimum Gasteiger partial charge on any atom is -0.465 e. The summed E-state index contributed by atoms with van der Waals surface area (Å²) in [6, 6.07) is 0. The molecule has 0 spiro atoms. The van der Waals surface area contributed by atoms with Gasteiger partial charge < -0.3 is 4.74 Å². The van der Waals surface area contributed by atoms with Crippen LogP contribution in [0.4, 0.5) is 0 Å². The summed E-state index contributed by atoms with van der Waals surface area (Å²) in [6.07, 6.45) is 21.7. The Kier molecular flexibility index (Phi) is 18.4. The lowest BCUT2D eigenvalue weighted by atomic mass is 9.75. The van der Waals surface area contributed by atoms with Gasteiger partial charge in [0.2, 0.25) is 0 Å². The highest BCUT2D eigenvalue weighted by atomic mass is 16.5. The first-order chi connectivity index (χ1) is 13.2. The molecule has 0 fully saturated rings. The molecule has 0 rings (SSSR count). The van der Waals surface area contributed by atoms with Crippen LogP contribution in [-0.2, 0) is 9.53 Å². The lowest BCUT2D eigenvalue weighted by molar-refractivity contribution is -0.158. The molecule has 0 radical (unpaired) electrons. The molecule has 0 N–H and O–H groups in total. The largest absolute Gasteiger partial charge is 0.465 e. The predicted octanol–water partition coefficient (Wildman–Crippen LogP) is 8.62. The minimum absolute atomic E-state index is 0.103. The predicted molar refractivity (Wildman–Crippen MR) is 119 cm³/mol. The van der Waals surface area contributed by atoms with Crippen LogP contribution in [0.5, 0.6) is 0 Å². The van der Waals surface area contributed by atoms with E-state index in [0.29, 0.717) is 6.61 Å². The van der Waals surface area contributed by atoms with Crippen LogP contribution in [0, 0.1) is 5.41 Å². The van der Waals surface area contributed by atoms with E-state index in [4.69, 9.17) is 4.74 Å². The second-order valence-corrected chi connectivity index (χ2v) is 8.56. The summed E-state index contributed by atoms with van der Waals surface area (Å²) in [5.74, 6) is 0.103. The topological polar surface area (TPSA) is 26.3 Å². The Balaban J connectivity index is 4.27. The Labute approximate surface area is 171 Å². The molecule has 0 aromatic rings. The van der Waals surface area contributed by atoms with Gasteiger partial charge in [0.25, 0.3) is 0 Å². The summed E-state index contributed by atoms with van der Waals surface area (Å²) in [6.45, 7) is 9.54. The summed E-state index contributed by atoms with van der Waals surface area (Å²) in [5.41, 5.74) is -0.213. The molecule has 0 atom stereocenters. The summed E-state index contributed by atoms with van der Waals surface area (Å²) in [4.78, 5) is 13.0. The molecule has 0 aliphatic rings. The van der Waals surface area contributed by atoms with E-state index in [1.54, 1.807) is 0 Å². The standard InChI is InChI=1S/C25H50O2/c1-5-9-11-13-15-17-19-23-27-24(26)25(20-7-3,21-8-4)22-18-16-14-12-10-6-2/h5-23H2,1-4H3. The van der Waals surface area contributed by atoms with E-state index < -0.39 is 0 Å². The lowest BCUT2D eigenvalue weighted by Gasteiger charge is -2.31. The maximum absolute atomic E-state index is 13.0. The number of rotatable bonds is 20. The smallest absolute Gasteiger partial charge is 0.312 e. The van der Waals surface area contributed by atoms with Crippen molar-refractivity contribution in [1.29, 1.82) is 0 Å². The molecule has 0 amide bonds. The minimum atomic E-state index is -0.213. The molecule has 0 saturated heterocycles. The van der Waals surface area contributed by atoms with Crippen LogP contribution in [0.25, 0.3) is 0 Å². The molecule has 0 aliphatic heterocycles. The first kappa shape index (κ1) is 26.5. The van der Waals surface area contributed by atoms with E-state index in [2.05, 4.69) is 27.7 Å². The van der Waals surface area contributed by atoms with Gasteiger partial charge in [-0.1, -0.05) is 118 Å². The third-order valence-electron chi connectivity index (χ3n) is 5.88. The summed E-state index contributed by atoms with van der Waals surface area (Å²) >= 11 is 0. The van der Waals surface area contributed by atoms with Gasteiger partial charge in [0, 0.05) is 0 Å². The van der Waals surface area contributed by atoms with Crippen molar-refractivity contribution in [2.45, 2.75) is 143 Å². The Morgan fingerprint density at radius 1 is 0.556 bits per heavy atom. The van der Waals surface area contributed by atoms with E-state index in [1.807, 2.05) is 0 Å². The van der Waals surface area contributed by atoms with Crippen molar-refractivity contribution in [1.82, 2.24) is 0 Å². The number of hydrogen-bond acceptors (Lipinski definition) is 2. The van der Waals surface area contributed by atoms with Crippen LogP contribution in [0.2, 0.25) is 0 Å². The van der Waals surface area contributed by atoms with Gasteiger partial charge in [-0.25, -0.2) is 0 Å². The van der Waals surface area contributed by atoms with E-state index in [9.17, 15) is 4.79 Å². The van der Waals surface area contributed by atoms with Crippen LogP contribution < -0.4 is 0 Å². The van der Waals surface area contributed by atoms with Crippen molar-refractivity contribution >= 4 is 5.97 Å². The molecule has 2 nitrogen and oxygen atoms in total. The average Bonchev–Trinajstić information content (AvgIpc) is 2.66. The Bertz CT molecular complexity index is 318. The molecular weight excluding hydrogens is 332 g/mol. The molecule has 0 heterocycles. The third-order valence-corrected chi connectivity index (χ3v) is 5.88. The summed E-state index contributed by atoms with van der Waals surface area (Å²) < 4.78 is 5.80. The number of carbonyl (C=O) groups excluding carboxylic acids is 1. The number of ether oxygens (including phenoxy) is 1. The average molecular weight is 383 g/mol. The quantitative estimate of drug-likeness (QED) is 0.155. The van der Waals surface area contributed by atoms with E-state index >= 15 is 0 Å². The molecule has 0 saturated carbocycles. The molecule has 0 bridgehead atoms. The van der Waals surface area contributed by atoms with Gasteiger partial charge in [0.1, 0.15) is 0 Å². The lowest BCUT2D eigenvalue weighted by Crippen LogP contribution is -2.33. The van der Waals surface area contributed by atoms with Crippen LogP contribution in [0.1, 0.15) is 143 Å². The summed E-state index contributed by atoms with van der Waals surface area (Å²) in [7, 11) is 0. The van der Waals surface area contributed by atoms with E-state index in [0.717, 1.165) is 38.5 Å². The number of esters is 1. The van der Waals surface area contributed by atoms with Gasteiger partial charge in [-0.15, -0.1) is 0 Å². The van der Waals surface area contributed by atoms with Crippen molar-refractivity contribution in [2.24, 2.45) is 5.41 Å². The monoisotopic (exact) mass is 382 g/mol. The number of unbranched alkanes of at least 4 members (excludes halogenated alkanes) is 11. The maximum Gasteiger partial charge on any atom is 0.312 e. The van der Waals surface area contributed by atoms with Gasteiger partial charge in [-0.2, -0.15) is 0 Å². The highest BCUT2D eigenvalue weighted by Crippen LogP contribution is 2.37. The van der Waals surface area contributed by atoms with Crippen LogP contribution >= 0.6 is 0 Å². The molecule has 2 heteroatoms. The number of carbonyl (C=O) groups is 1. The van der Waals surface area contributed by atoms with Crippen molar-refractivity contribution in [3.05, 3.63) is 0 Å². The van der Waals surface area contributed by atoms with Crippen molar-refractivity contribution < 1.29 is 9.53 Å². The molecule has 162 valence electrons. The van der Waals surface area contributed by atoms with Crippen LogP contribution in [-0.4, -0.2) is 12.6 Å². The summed E-state index contributed by atoms with van der Waals surface area (Å²) in [5, 5.41) is 0. The normalized spacial score (nSPS) is 11.7. The third kappa shape index (κ3) is 13.3. The van der Waals surface area contributed by atoms with Gasteiger partial charge in [0.05, 0.1) is 12.0 Å². The molecule has 0 aromatic heterocycles. The SMILES string of the molecule is CCCCCCCCCOC(=O)C(CCC)(CCC)CCCCCCCC. The fourth-order valence-corrected chi connectivity index (χ4v) is 4.26. The molecule has 0 aromatic carbocycles. The first-order valence-electron chi connectivity index (χ1n) is 12.3. The fourth-order valence-electron chi connectivity index (χ4n) is 4.26. The van der Waals surface area contributed by atoms with E-state index in [1.165, 1.54) is 77.0 Å². The Morgan fingerprint density at radius 2 is 1.00 bits per heavy atom. The number of hydrogen-bond donors (Lipinski definition) is 0. The van der Waals surface area contributed by atoms with Crippen molar-refractivity contribution in [3.63, 3.8) is 0 Å². The molecule has 0 unspecified atom stereocenters. The molecular formula is C25H50O2. The molecule has 0 aliphatic carbocycles. The molecule has 27 heavy (non-hydrogen) atoms. The van der Waals surface area contributed by atoms with Gasteiger partial charge in [-0.05, 0) is 25.7 Å². The van der Waals surface area contributed by atoms with Gasteiger partial charge >= 0.3 is 5.97 Å². The Morgan fingerprint density at radius 3 is 1.48 bits per heavy atom. The first-order valence-corrected chi connectivity index (χ1v) is 12.3. The zero-order chi connectivity index (χ0) is 20.2. The van der Waals surface area contributed by atoms with Gasteiger partial charge in [0.15, 0.2) is 0 Å². The second-order valence-electron chi connectivity index (χ2n) is 8.56. The van der Waals surface area contributed by atoms with Crippen molar-refractivity contribution in [3.8, 4) is 0 Å². The second kappa shape index (κ2) is 18.8. The zero-order valence-electron chi connectivity index (χ0n) is 19.3. The fraction of sp³-hybridized carbons (Fsp3) is 0.960. The highest BCUT2D eigenvalue weighted by Gasteiger charge is 2.37.